The number of amides is 1. The van der Waals surface area contributed by atoms with Crippen LogP contribution >= 0.6 is 16.5 Å². The molecule has 1 unspecified atom stereocenters. The van der Waals surface area contributed by atoms with Crippen LogP contribution in [0.1, 0.15) is 0 Å². The van der Waals surface area contributed by atoms with Crippen molar-refractivity contribution in [1.29, 1.82) is 0 Å². The molecule has 1 heterocycles. The Labute approximate surface area is 107 Å². The standard InChI is InChI=1S/C6H13I2N4O4/c9-1-2-14-3-6(11,16-5(10)13)4-15-8-7-12-8/h1-2,12H,3-4,9,11H2,(H2,10,13)/q-1/b2-1-. The molecule has 1 saturated heterocycles. The van der Waals surface area contributed by atoms with Gasteiger partial charge in [0, 0.05) is 0 Å². The molecule has 8 nitrogen and oxygen atoms in total. The summed E-state index contributed by atoms with van der Waals surface area (Å²) in [5.74, 6) is 0. The molecule has 1 aliphatic heterocycles. The molecule has 10 heteroatoms. The molecule has 0 aliphatic carbocycles. The summed E-state index contributed by atoms with van der Waals surface area (Å²) in [7, 11) is 0. The van der Waals surface area contributed by atoms with E-state index >= 15 is 0 Å². The molecule has 0 radical (unpaired) electrons. The van der Waals surface area contributed by atoms with Crippen molar-refractivity contribution in [3.8, 4) is 0 Å². The number of hydrogen-bond acceptors (Lipinski definition) is 7. The summed E-state index contributed by atoms with van der Waals surface area (Å²) < 4.78 is 18.3. The second kappa shape index (κ2) is 6.63. The first-order chi connectivity index (χ1) is 7.56. The summed E-state index contributed by atoms with van der Waals surface area (Å²) in [5.41, 5.74) is 14.4. The topological polar surface area (TPSA) is 145 Å². The van der Waals surface area contributed by atoms with Gasteiger partial charge in [-0.3, -0.25) is 0 Å². The van der Waals surface area contributed by atoms with Crippen LogP contribution in [0.5, 0.6) is 0 Å². The Morgan fingerprint density at radius 1 is 1.56 bits per heavy atom. The van der Waals surface area contributed by atoms with E-state index in [2.05, 4.69) is 1.74 Å². The quantitative estimate of drug-likeness (QED) is 0.100. The van der Waals surface area contributed by atoms with Crippen molar-refractivity contribution in [3.63, 3.8) is 0 Å². The molecule has 0 bridgehead atoms. The fraction of sp³-hybridized carbons (Fsp3) is 0.500. The van der Waals surface area contributed by atoms with Crippen LogP contribution in [0, 0.1) is 0 Å². The van der Waals surface area contributed by atoms with Crippen LogP contribution in [0.25, 0.3) is 0 Å². The zero-order valence-electron chi connectivity index (χ0n) is 8.19. The number of ether oxygens (including phenoxy) is 2. The van der Waals surface area contributed by atoms with Crippen molar-refractivity contribution < 1.29 is 34.8 Å². The third-order valence-electron chi connectivity index (χ3n) is 1.33. The van der Waals surface area contributed by atoms with Crippen LogP contribution in [0.4, 0.5) is 4.79 Å². The van der Waals surface area contributed by atoms with E-state index in [1.54, 1.807) is 0 Å². The van der Waals surface area contributed by atoms with Crippen LogP contribution in [0.15, 0.2) is 12.5 Å². The molecule has 1 rings (SSSR count). The Balaban J connectivity index is 2.39. The molecule has 1 atom stereocenters. The minimum atomic E-state index is -1.36. The second-order valence-corrected chi connectivity index (χ2v) is 15.8. The molecule has 1 aliphatic rings. The van der Waals surface area contributed by atoms with Gasteiger partial charge in [-0.2, -0.15) is 0 Å². The molecule has 0 aromatic heterocycles. The van der Waals surface area contributed by atoms with E-state index in [0.717, 1.165) is 0 Å². The summed E-state index contributed by atoms with van der Waals surface area (Å²) in [6.07, 6.45) is 1.48. The average molecular weight is 459 g/mol. The molecule has 1 amide bonds. The van der Waals surface area contributed by atoms with Crippen LogP contribution < -0.4 is 36.4 Å². The first-order valence-electron chi connectivity index (χ1n) is 4.05. The molecular formula is C6H13I2N4O4-. The van der Waals surface area contributed by atoms with Crippen LogP contribution in [-0.4, -0.2) is 25.0 Å². The van der Waals surface area contributed by atoms with Gasteiger partial charge in [0.2, 0.25) is 0 Å². The number of primary amides is 1. The molecular weight excluding hydrogens is 446 g/mol. The molecule has 16 heavy (non-hydrogen) atoms. The van der Waals surface area contributed by atoms with Crippen LogP contribution in [-0.2, 0) is 12.5 Å². The summed E-state index contributed by atoms with van der Waals surface area (Å²) in [4.78, 5) is 10.7. The van der Waals surface area contributed by atoms with E-state index in [-0.39, 0.29) is 30.7 Å². The number of halogens is 2. The monoisotopic (exact) mass is 459 g/mol. The molecule has 96 valence electrons. The number of nitrogens with two attached hydrogens (primary N) is 3. The Hall–Kier alpha value is -0.0500. The zero-order chi connectivity index (χ0) is 12.0. The molecule has 1 fully saturated rings. The second-order valence-electron chi connectivity index (χ2n) is 2.73. The summed E-state index contributed by atoms with van der Waals surface area (Å²) in [6, 6.07) is 0. The molecule has 0 aromatic carbocycles. The van der Waals surface area contributed by atoms with E-state index < -0.39 is 28.4 Å². The average Bonchev–Trinajstić information content (AvgIpc) is 2.97. The van der Waals surface area contributed by atoms with E-state index in [9.17, 15) is 4.79 Å². The first kappa shape index (κ1) is 14.0. The van der Waals surface area contributed by atoms with Crippen LogP contribution in [0.3, 0.4) is 0 Å². The van der Waals surface area contributed by atoms with Crippen molar-refractivity contribution in [2.45, 2.75) is 5.72 Å². The number of carbonyl (C=O) groups is 1. The fourth-order valence-electron chi connectivity index (χ4n) is 0.738. The number of rotatable bonds is 7. The Kier molecular flexibility index (Phi) is 5.81. The molecule has 0 spiro atoms. The van der Waals surface area contributed by atoms with Gasteiger partial charge in [-0.25, -0.2) is 0 Å². The predicted octanol–water partition coefficient (Wildman–Crippen LogP) is -3.94. The minimum absolute atomic E-state index is 0.0635. The maximum absolute atomic E-state index is 10.7. The van der Waals surface area contributed by atoms with Gasteiger partial charge in [0.25, 0.3) is 0 Å². The normalized spacial score (nSPS) is 20.9. The first-order valence-corrected chi connectivity index (χ1v) is 13.4. The zero-order valence-corrected chi connectivity index (χ0v) is 12.5. The Bertz CT molecular complexity index is 275. The Morgan fingerprint density at radius 2 is 2.25 bits per heavy atom. The Morgan fingerprint density at radius 3 is 2.75 bits per heavy atom. The van der Waals surface area contributed by atoms with Gasteiger partial charge in [-0.05, 0) is 0 Å². The predicted molar refractivity (Wildman–Crippen MR) is 60.0 cm³/mol. The van der Waals surface area contributed by atoms with Gasteiger partial charge >= 0.3 is 108 Å². The number of hydrogen-bond donors (Lipinski definition) is 4. The van der Waals surface area contributed by atoms with Gasteiger partial charge in [0.05, 0.1) is 0 Å². The summed E-state index contributed by atoms with van der Waals surface area (Å²) in [5, 5.41) is 0. The van der Waals surface area contributed by atoms with Gasteiger partial charge in [-0.15, -0.1) is 0 Å². The van der Waals surface area contributed by atoms with Crippen molar-refractivity contribution >= 4 is 22.6 Å². The third-order valence-corrected chi connectivity index (χ3v) is 9.48. The SMILES string of the molecule is N/C=C\OCC(N)(COI1N[I-]1)OC(N)=O. The maximum atomic E-state index is 10.7. The van der Waals surface area contributed by atoms with Gasteiger partial charge < -0.3 is 0 Å². The van der Waals surface area contributed by atoms with Crippen molar-refractivity contribution in [2.75, 3.05) is 13.2 Å². The summed E-state index contributed by atoms with van der Waals surface area (Å²) >= 11 is -1.25. The van der Waals surface area contributed by atoms with Crippen molar-refractivity contribution in [2.24, 2.45) is 17.2 Å². The molecule has 0 saturated carbocycles. The van der Waals surface area contributed by atoms with Gasteiger partial charge in [0.1, 0.15) is 0 Å². The molecule has 7 N–H and O–H groups in total. The third kappa shape index (κ3) is 5.88. The van der Waals surface area contributed by atoms with E-state index in [4.69, 9.17) is 29.7 Å². The van der Waals surface area contributed by atoms with Gasteiger partial charge in [0.15, 0.2) is 0 Å². The van der Waals surface area contributed by atoms with E-state index in [0.29, 0.717) is 0 Å². The van der Waals surface area contributed by atoms with E-state index in [1.165, 1.54) is 12.5 Å². The molecule has 0 aromatic rings. The van der Waals surface area contributed by atoms with Crippen LogP contribution in [0.2, 0.25) is 0 Å². The number of nitrogens with one attached hydrogen (secondary N) is 1. The van der Waals surface area contributed by atoms with Crippen molar-refractivity contribution in [1.82, 2.24) is 1.74 Å². The van der Waals surface area contributed by atoms with Gasteiger partial charge in [-0.1, -0.05) is 0 Å². The number of carbonyl (C=O) groups excluding carboxylic acids is 1. The van der Waals surface area contributed by atoms with E-state index in [1.807, 2.05) is 0 Å². The van der Waals surface area contributed by atoms with Crippen molar-refractivity contribution in [3.05, 3.63) is 12.5 Å². The summed E-state index contributed by atoms with van der Waals surface area (Å²) in [6.45, 7) is 0.0118. The fourth-order valence-corrected chi connectivity index (χ4v) is 7.46.